The zero-order chi connectivity index (χ0) is 12.5. The molecule has 0 aromatic carbocycles. The molecule has 1 aromatic rings. The largest absolute Gasteiger partial charge is 0.351 e. The maximum Gasteiger partial charge on any atom is 0.269 e. The van der Waals surface area contributed by atoms with Crippen molar-refractivity contribution in [3.63, 3.8) is 0 Å². The minimum atomic E-state index is -0.134. The maximum absolute atomic E-state index is 11.7. The van der Waals surface area contributed by atoms with Crippen LogP contribution in [0.25, 0.3) is 0 Å². The highest BCUT2D eigenvalue weighted by Crippen LogP contribution is 2.04. The molecule has 0 unspecified atom stereocenters. The molecular weight excluding hydrogens is 216 g/mol. The van der Waals surface area contributed by atoms with Crippen molar-refractivity contribution in [1.82, 2.24) is 10.3 Å². The fourth-order valence-corrected chi connectivity index (χ4v) is 1.46. The molecule has 0 bridgehead atoms. The van der Waals surface area contributed by atoms with Gasteiger partial charge in [-0.2, -0.15) is 0 Å². The van der Waals surface area contributed by atoms with Crippen LogP contribution in [0.2, 0.25) is 0 Å². The van der Waals surface area contributed by atoms with E-state index >= 15 is 0 Å². The molecule has 0 spiro atoms. The van der Waals surface area contributed by atoms with Crippen molar-refractivity contribution in [3.05, 3.63) is 24.0 Å². The molecule has 0 aliphatic carbocycles. The molecule has 5 nitrogen and oxygen atoms in total. The molecule has 1 aromatic heterocycles. The summed E-state index contributed by atoms with van der Waals surface area (Å²) in [5.74, 6) is 5.08. The van der Waals surface area contributed by atoms with Gasteiger partial charge in [-0.05, 0) is 18.6 Å². The van der Waals surface area contributed by atoms with E-state index in [2.05, 4.69) is 22.7 Å². The van der Waals surface area contributed by atoms with Crippen LogP contribution in [0, 0.1) is 0 Å². The van der Waals surface area contributed by atoms with E-state index in [1.54, 1.807) is 12.1 Å². The van der Waals surface area contributed by atoms with Crippen LogP contribution in [0.1, 0.15) is 43.1 Å². The molecule has 1 rings (SSSR count). The predicted molar refractivity (Wildman–Crippen MR) is 68.5 cm³/mol. The lowest BCUT2D eigenvalue weighted by atomic mass is 10.2. The Morgan fingerprint density at radius 2 is 2.18 bits per heavy atom. The van der Waals surface area contributed by atoms with Gasteiger partial charge in [0.1, 0.15) is 5.69 Å². The van der Waals surface area contributed by atoms with Gasteiger partial charge >= 0.3 is 0 Å². The number of carbonyl (C=O) groups excluding carboxylic acids is 1. The van der Waals surface area contributed by atoms with Crippen LogP contribution in [0.4, 0.5) is 5.69 Å². The number of hydrazine groups is 1. The number of amides is 1. The molecule has 0 saturated carbocycles. The van der Waals surface area contributed by atoms with Crippen molar-refractivity contribution < 1.29 is 4.79 Å². The van der Waals surface area contributed by atoms with Crippen molar-refractivity contribution >= 4 is 11.6 Å². The Kier molecular flexibility index (Phi) is 6.03. The Bertz CT molecular complexity index is 337. The summed E-state index contributed by atoms with van der Waals surface area (Å²) in [5.41, 5.74) is 3.57. The molecule has 0 fully saturated rings. The van der Waals surface area contributed by atoms with E-state index in [0.717, 1.165) is 12.8 Å². The number of hydrogen-bond donors (Lipinski definition) is 3. The monoisotopic (exact) mass is 236 g/mol. The highest BCUT2D eigenvalue weighted by atomic mass is 16.1. The van der Waals surface area contributed by atoms with Crippen molar-refractivity contribution in [1.29, 1.82) is 0 Å². The van der Waals surface area contributed by atoms with Crippen LogP contribution in [0.5, 0.6) is 0 Å². The molecule has 0 aliphatic heterocycles. The number of aromatic nitrogens is 1. The molecule has 0 radical (unpaired) electrons. The molecule has 0 aliphatic rings. The third kappa shape index (κ3) is 4.82. The van der Waals surface area contributed by atoms with Gasteiger partial charge in [0.05, 0.1) is 11.9 Å². The smallest absolute Gasteiger partial charge is 0.269 e. The van der Waals surface area contributed by atoms with E-state index in [-0.39, 0.29) is 5.91 Å². The summed E-state index contributed by atoms with van der Waals surface area (Å²) in [5, 5.41) is 2.84. The molecular formula is C12H20N4O. The number of nitrogens with zero attached hydrogens (tertiary/aromatic N) is 1. The van der Waals surface area contributed by atoms with Gasteiger partial charge in [0.2, 0.25) is 0 Å². The van der Waals surface area contributed by atoms with Crippen LogP contribution >= 0.6 is 0 Å². The minimum absolute atomic E-state index is 0.134. The number of rotatable bonds is 7. The van der Waals surface area contributed by atoms with Gasteiger partial charge in [0.15, 0.2) is 0 Å². The molecule has 4 N–H and O–H groups in total. The number of nitrogens with one attached hydrogen (secondary N) is 2. The number of anilines is 1. The normalized spacial score (nSPS) is 10.0. The van der Waals surface area contributed by atoms with Crippen LogP contribution in [0.15, 0.2) is 18.3 Å². The molecule has 1 amide bonds. The highest BCUT2D eigenvalue weighted by Gasteiger charge is 2.05. The number of carbonyl (C=O) groups is 1. The molecule has 0 atom stereocenters. The summed E-state index contributed by atoms with van der Waals surface area (Å²) < 4.78 is 0. The SMILES string of the molecule is CCCCCCNC(=O)c1ccc(NN)cn1. The van der Waals surface area contributed by atoms with E-state index in [1.807, 2.05) is 0 Å². The molecule has 0 saturated heterocycles. The van der Waals surface area contributed by atoms with Crippen LogP contribution in [-0.2, 0) is 0 Å². The first-order valence-electron chi connectivity index (χ1n) is 5.98. The van der Waals surface area contributed by atoms with E-state index in [1.165, 1.54) is 19.0 Å². The summed E-state index contributed by atoms with van der Waals surface area (Å²) in [6.45, 7) is 2.87. The average molecular weight is 236 g/mol. The first-order valence-corrected chi connectivity index (χ1v) is 5.98. The Labute approximate surface area is 102 Å². The number of hydrogen-bond acceptors (Lipinski definition) is 4. The topological polar surface area (TPSA) is 80.0 Å². The summed E-state index contributed by atoms with van der Waals surface area (Å²) in [7, 11) is 0. The maximum atomic E-state index is 11.7. The quantitative estimate of drug-likeness (QED) is 0.382. The van der Waals surface area contributed by atoms with E-state index in [9.17, 15) is 4.79 Å². The van der Waals surface area contributed by atoms with Crippen molar-refractivity contribution in [2.75, 3.05) is 12.0 Å². The first kappa shape index (κ1) is 13.4. The zero-order valence-electron chi connectivity index (χ0n) is 10.2. The molecule has 94 valence electrons. The summed E-state index contributed by atoms with van der Waals surface area (Å²) in [6.07, 6.45) is 6.11. The Hall–Kier alpha value is -1.62. The van der Waals surface area contributed by atoms with Gasteiger partial charge in [0, 0.05) is 6.54 Å². The van der Waals surface area contributed by atoms with Gasteiger partial charge < -0.3 is 10.7 Å². The first-order chi connectivity index (χ1) is 8.27. The fourth-order valence-electron chi connectivity index (χ4n) is 1.46. The highest BCUT2D eigenvalue weighted by molar-refractivity contribution is 5.92. The minimum Gasteiger partial charge on any atom is -0.351 e. The summed E-state index contributed by atoms with van der Waals surface area (Å²) in [6, 6.07) is 3.37. The number of unbranched alkanes of at least 4 members (excludes halogenated alkanes) is 3. The zero-order valence-corrected chi connectivity index (χ0v) is 10.2. The van der Waals surface area contributed by atoms with Crippen molar-refractivity contribution in [2.45, 2.75) is 32.6 Å². The third-order valence-corrected chi connectivity index (χ3v) is 2.48. The van der Waals surface area contributed by atoms with Crippen LogP contribution in [0.3, 0.4) is 0 Å². The van der Waals surface area contributed by atoms with Crippen molar-refractivity contribution in [3.8, 4) is 0 Å². The van der Waals surface area contributed by atoms with Gasteiger partial charge in [-0.25, -0.2) is 4.98 Å². The van der Waals surface area contributed by atoms with E-state index < -0.39 is 0 Å². The van der Waals surface area contributed by atoms with Crippen LogP contribution < -0.4 is 16.6 Å². The average Bonchev–Trinajstić information content (AvgIpc) is 2.38. The van der Waals surface area contributed by atoms with Crippen molar-refractivity contribution in [2.24, 2.45) is 5.84 Å². The second-order valence-electron chi connectivity index (χ2n) is 3.89. The Balaban J connectivity index is 2.31. The van der Waals surface area contributed by atoms with Gasteiger partial charge in [-0.15, -0.1) is 0 Å². The summed E-state index contributed by atoms with van der Waals surface area (Å²) >= 11 is 0. The second kappa shape index (κ2) is 7.62. The van der Waals surface area contributed by atoms with Gasteiger partial charge in [-0.1, -0.05) is 26.2 Å². The Morgan fingerprint density at radius 1 is 1.35 bits per heavy atom. The van der Waals surface area contributed by atoms with Gasteiger partial charge in [0.25, 0.3) is 5.91 Å². The van der Waals surface area contributed by atoms with Gasteiger partial charge in [-0.3, -0.25) is 10.6 Å². The predicted octanol–water partition coefficient (Wildman–Crippen LogP) is 1.68. The Morgan fingerprint density at radius 3 is 2.76 bits per heavy atom. The number of nitrogens with two attached hydrogens (primary N) is 1. The molecule has 17 heavy (non-hydrogen) atoms. The molecule has 5 heteroatoms. The second-order valence-corrected chi connectivity index (χ2v) is 3.89. The lowest BCUT2D eigenvalue weighted by Gasteiger charge is -2.05. The van der Waals surface area contributed by atoms with E-state index in [0.29, 0.717) is 17.9 Å². The summed E-state index contributed by atoms with van der Waals surface area (Å²) in [4.78, 5) is 15.7. The van der Waals surface area contributed by atoms with E-state index in [4.69, 9.17) is 5.84 Å². The fraction of sp³-hybridized carbons (Fsp3) is 0.500. The number of pyridine rings is 1. The molecule has 1 heterocycles. The number of nitrogen functional groups attached to an aromatic ring is 1. The van der Waals surface area contributed by atoms with Crippen LogP contribution in [-0.4, -0.2) is 17.4 Å². The third-order valence-electron chi connectivity index (χ3n) is 2.48. The lowest BCUT2D eigenvalue weighted by Crippen LogP contribution is -2.25. The standard InChI is InChI=1S/C12H20N4O/c1-2-3-4-5-8-14-12(17)11-7-6-10(16-13)9-15-11/h6-7,9,16H,2-5,8,13H2,1H3,(H,14,17). The lowest BCUT2D eigenvalue weighted by molar-refractivity contribution is 0.0948.